The Morgan fingerprint density at radius 1 is 1.13 bits per heavy atom. The number of aromatic nitrogens is 4. The number of rotatable bonds is 5. The fraction of sp³-hybridized carbons (Fsp3) is 0.136. The lowest BCUT2D eigenvalue weighted by molar-refractivity contribution is 0.101. The molecule has 0 amide bonds. The van der Waals surface area contributed by atoms with Gasteiger partial charge in [0, 0.05) is 6.20 Å². The van der Waals surface area contributed by atoms with E-state index >= 15 is 0 Å². The Bertz CT molecular complexity index is 1350. The maximum atomic E-state index is 13.5. The van der Waals surface area contributed by atoms with Gasteiger partial charge in [0.1, 0.15) is 11.6 Å². The minimum atomic E-state index is -0.510. The number of Topliss-reactive ketones (excluding diaryl/α,β-unsaturated/α-hetero) is 1. The normalized spacial score (nSPS) is 12.0. The van der Waals surface area contributed by atoms with Gasteiger partial charge in [-0.05, 0) is 38.1 Å². The molecule has 1 atom stereocenters. The van der Waals surface area contributed by atoms with Crippen LogP contribution in [0.15, 0.2) is 59.5 Å². The first-order chi connectivity index (χ1) is 14.9. The van der Waals surface area contributed by atoms with Crippen molar-refractivity contribution >= 4 is 40.1 Å². The van der Waals surface area contributed by atoms with Gasteiger partial charge in [-0.15, -0.1) is 0 Å². The number of ketones is 1. The van der Waals surface area contributed by atoms with E-state index in [0.717, 1.165) is 0 Å². The summed E-state index contributed by atoms with van der Waals surface area (Å²) in [5.74, 6) is 0.511. The first kappa shape index (κ1) is 20.5. The van der Waals surface area contributed by atoms with Gasteiger partial charge in [-0.25, -0.2) is 9.97 Å². The van der Waals surface area contributed by atoms with Crippen LogP contribution in [0.5, 0.6) is 0 Å². The Labute approximate surface area is 182 Å². The molecule has 4 aromatic rings. The Kier molecular flexibility index (Phi) is 5.39. The molecule has 156 valence electrons. The van der Waals surface area contributed by atoms with Crippen LogP contribution in [0.2, 0.25) is 5.02 Å². The predicted molar refractivity (Wildman–Crippen MR) is 121 cm³/mol. The zero-order valence-corrected chi connectivity index (χ0v) is 17.6. The van der Waals surface area contributed by atoms with E-state index in [9.17, 15) is 9.59 Å². The summed E-state index contributed by atoms with van der Waals surface area (Å²) in [5, 5.41) is 3.82. The Morgan fingerprint density at radius 2 is 1.87 bits per heavy atom. The maximum Gasteiger partial charge on any atom is 0.267 e. The molecule has 0 aliphatic carbocycles. The van der Waals surface area contributed by atoms with Gasteiger partial charge < -0.3 is 11.1 Å². The van der Waals surface area contributed by atoms with Crippen molar-refractivity contribution < 1.29 is 4.79 Å². The lowest BCUT2D eigenvalue weighted by Gasteiger charge is -2.21. The standard InChI is InChI=1S/C22H19ClN6O2/c1-12(26-19-15(13(2)30)11-25-22(24)28-19)20-27-17-10-6-9-16(23)18(17)21(31)29(20)14-7-4-3-5-8-14/h3-12H,1-2H3,(H3,24,25,26,28)/t12-/m0/s1. The van der Waals surface area contributed by atoms with E-state index in [1.807, 2.05) is 37.3 Å². The van der Waals surface area contributed by atoms with Crippen LogP contribution >= 0.6 is 11.6 Å². The highest BCUT2D eigenvalue weighted by molar-refractivity contribution is 6.35. The van der Waals surface area contributed by atoms with Gasteiger partial charge in [-0.1, -0.05) is 35.9 Å². The number of benzene rings is 2. The number of anilines is 2. The number of nitrogen functional groups attached to an aromatic ring is 1. The Hall–Kier alpha value is -3.78. The molecule has 31 heavy (non-hydrogen) atoms. The number of carbonyl (C=O) groups excluding carboxylic acids is 1. The van der Waals surface area contributed by atoms with Crippen LogP contribution in [0.25, 0.3) is 16.6 Å². The number of nitrogens with zero attached hydrogens (tertiary/aromatic N) is 4. The molecule has 8 nitrogen and oxygen atoms in total. The number of hydrogen-bond acceptors (Lipinski definition) is 7. The highest BCUT2D eigenvalue weighted by Gasteiger charge is 2.21. The van der Waals surface area contributed by atoms with Crippen molar-refractivity contribution in [3.05, 3.63) is 81.5 Å². The van der Waals surface area contributed by atoms with E-state index in [4.69, 9.17) is 22.3 Å². The number of nitrogens with one attached hydrogen (secondary N) is 1. The Morgan fingerprint density at radius 3 is 2.58 bits per heavy atom. The number of nitrogens with two attached hydrogens (primary N) is 1. The molecular weight excluding hydrogens is 416 g/mol. The van der Waals surface area contributed by atoms with Gasteiger partial charge in [0.25, 0.3) is 5.56 Å². The highest BCUT2D eigenvalue weighted by atomic mass is 35.5. The third-order valence-electron chi connectivity index (χ3n) is 4.81. The monoisotopic (exact) mass is 434 g/mol. The minimum Gasteiger partial charge on any atom is -0.368 e. The van der Waals surface area contributed by atoms with Crippen molar-refractivity contribution in [1.82, 2.24) is 19.5 Å². The van der Waals surface area contributed by atoms with Crippen LogP contribution in [0, 0.1) is 0 Å². The van der Waals surface area contributed by atoms with Gasteiger partial charge in [0.15, 0.2) is 5.78 Å². The van der Waals surface area contributed by atoms with Crippen LogP contribution in [-0.2, 0) is 0 Å². The zero-order chi connectivity index (χ0) is 22.1. The molecule has 0 bridgehead atoms. The number of halogens is 1. The van der Waals surface area contributed by atoms with Gasteiger partial charge in [0.2, 0.25) is 5.95 Å². The van der Waals surface area contributed by atoms with Crippen molar-refractivity contribution in [1.29, 1.82) is 0 Å². The zero-order valence-electron chi connectivity index (χ0n) is 16.8. The Balaban J connectivity index is 1.92. The average molecular weight is 435 g/mol. The molecule has 0 fully saturated rings. The first-order valence-electron chi connectivity index (χ1n) is 9.53. The summed E-state index contributed by atoms with van der Waals surface area (Å²) in [7, 11) is 0. The summed E-state index contributed by atoms with van der Waals surface area (Å²) in [5.41, 5.74) is 6.83. The lowest BCUT2D eigenvalue weighted by Crippen LogP contribution is -2.28. The molecule has 0 spiro atoms. The van der Waals surface area contributed by atoms with Crippen LogP contribution in [0.3, 0.4) is 0 Å². The molecule has 0 aliphatic rings. The smallest absolute Gasteiger partial charge is 0.267 e. The lowest BCUT2D eigenvalue weighted by atomic mass is 10.1. The van der Waals surface area contributed by atoms with E-state index in [2.05, 4.69) is 15.3 Å². The summed E-state index contributed by atoms with van der Waals surface area (Å²) < 4.78 is 1.50. The number of hydrogen-bond donors (Lipinski definition) is 2. The summed E-state index contributed by atoms with van der Waals surface area (Å²) in [4.78, 5) is 38.2. The molecule has 4 rings (SSSR count). The van der Waals surface area contributed by atoms with Gasteiger partial charge in [-0.2, -0.15) is 4.98 Å². The van der Waals surface area contributed by atoms with Crippen molar-refractivity contribution in [2.45, 2.75) is 19.9 Å². The maximum absolute atomic E-state index is 13.5. The summed E-state index contributed by atoms with van der Waals surface area (Å²) in [6.45, 7) is 3.24. The SMILES string of the molecule is CC(=O)c1cnc(N)nc1N[C@@H](C)c1nc2cccc(Cl)c2c(=O)n1-c1ccccc1. The van der Waals surface area contributed by atoms with Crippen molar-refractivity contribution in [2.24, 2.45) is 0 Å². The van der Waals surface area contributed by atoms with Gasteiger partial charge >= 0.3 is 0 Å². The molecule has 0 saturated heterocycles. The second-order valence-electron chi connectivity index (χ2n) is 6.99. The average Bonchev–Trinajstić information content (AvgIpc) is 2.74. The van der Waals surface area contributed by atoms with Crippen LogP contribution in [0.1, 0.15) is 36.1 Å². The third-order valence-corrected chi connectivity index (χ3v) is 5.13. The molecular formula is C22H19ClN6O2. The van der Waals surface area contributed by atoms with E-state index < -0.39 is 6.04 Å². The largest absolute Gasteiger partial charge is 0.368 e. The fourth-order valence-electron chi connectivity index (χ4n) is 3.36. The third kappa shape index (κ3) is 3.85. The van der Waals surface area contributed by atoms with Crippen molar-refractivity contribution in [3.8, 4) is 5.69 Å². The predicted octanol–water partition coefficient (Wildman–Crippen LogP) is 3.79. The van der Waals surface area contributed by atoms with Crippen molar-refractivity contribution in [2.75, 3.05) is 11.1 Å². The minimum absolute atomic E-state index is 0.0263. The van der Waals surface area contributed by atoms with Gasteiger partial charge in [0.05, 0.1) is 33.2 Å². The molecule has 0 saturated carbocycles. The van der Waals surface area contributed by atoms with Crippen molar-refractivity contribution in [3.63, 3.8) is 0 Å². The van der Waals surface area contributed by atoms with Gasteiger partial charge in [-0.3, -0.25) is 14.2 Å². The van der Waals surface area contributed by atoms with E-state index in [1.54, 1.807) is 18.2 Å². The molecule has 0 radical (unpaired) electrons. The fourth-order valence-corrected chi connectivity index (χ4v) is 3.61. The number of para-hydroxylation sites is 1. The number of fused-ring (bicyclic) bond motifs is 1. The quantitative estimate of drug-likeness (QED) is 0.459. The molecule has 2 heterocycles. The summed E-state index contributed by atoms with van der Waals surface area (Å²) >= 11 is 6.32. The van der Waals surface area contributed by atoms with E-state index in [1.165, 1.54) is 17.7 Å². The highest BCUT2D eigenvalue weighted by Crippen LogP contribution is 2.25. The second-order valence-corrected chi connectivity index (χ2v) is 7.40. The van der Waals surface area contributed by atoms with E-state index in [-0.39, 0.29) is 23.1 Å². The first-order valence-corrected chi connectivity index (χ1v) is 9.91. The van der Waals surface area contributed by atoms with Crippen LogP contribution < -0.4 is 16.6 Å². The summed E-state index contributed by atoms with van der Waals surface area (Å²) in [6.07, 6.45) is 1.37. The topological polar surface area (TPSA) is 116 Å². The second kappa shape index (κ2) is 8.16. The number of carbonyl (C=O) groups is 1. The summed E-state index contributed by atoms with van der Waals surface area (Å²) in [6, 6.07) is 13.8. The van der Waals surface area contributed by atoms with Crippen LogP contribution in [0.4, 0.5) is 11.8 Å². The molecule has 0 aliphatic heterocycles. The molecule has 9 heteroatoms. The molecule has 2 aromatic carbocycles. The molecule has 0 unspecified atom stereocenters. The van der Waals surface area contributed by atoms with Crippen LogP contribution in [-0.4, -0.2) is 25.3 Å². The van der Waals surface area contributed by atoms with E-state index in [0.29, 0.717) is 33.0 Å². The molecule has 3 N–H and O–H groups in total. The molecule has 2 aromatic heterocycles.